The molecular weight excluding hydrogens is 286 g/mol. The summed E-state index contributed by atoms with van der Waals surface area (Å²) in [6.45, 7) is 6.72. The Hall–Kier alpha value is -1.61. The van der Waals surface area contributed by atoms with Crippen LogP contribution in [0.2, 0.25) is 0 Å². The van der Waals surface area contributed by atoms with Crippen LogP contribution in [0.3, 0.4) is 0 Å². The van der Waals surface area contributed by atoms with Gasteiger partial charge in [-0.2, -0.15) is 5.26 Å². The van der Waals surface area contributed by atoms with Gasteiger partial charge in [0.2, 0.25) is 0 Å². The minimum atomic E-state index is -0.483. The zero-order chi connectivity index (χ0) is 15.5. The van der Waals surface area contributed by atoms with Crippen LogP contribution in [0.1, 0.15) is 38.5 Å². The van der Waals surface area contributed by atoms with Crippen LogP contribution in [0.15, 0.2) is 11.7 Å². The monoisotopic (exact) mass is 307 g/mol. The molecule has 21 heavy (non-hydrogen) atoms. The lowest BCUT2D eigenvalue weighted by atomic mass is 9.77. The molecule has 1 aliphatic rings. The molecule has 0 radical (unpaired) electrons. The van der Waals surface area contributed by atoms with Crippen molar-refractivity contribution in [1.82, 2.24) is 9.88 Å². The van der Waals surface area contributed by atoms with Gasteiger partial charge < -0.3 is 9.64 Å². The van der Waals surface area contributed by atoms with Gasteiger partial charge in [0.25, 0.3) is 0 Å². The topological polar surface area (TPSA) is 66.2 Å². The van der Waals surface area contributed by atoms with E-state index >= 15 is 0 Å². The van der Waals surface area contributed by atoms with E-state index in [9.17, 15) is 10.1 Å². The largest absolute Gasteiger partial charge is 0.444 e. The van der Waals surface area contributed by atoms with Crippen LogP contribution >= 0.6 is 11.3 Å². The molecule has 1 saturated heterocycles. The molecule has 1 aromatic heterocycles. The number of rotatable bonds is 2. The van der Waals surface area contributed by atoms with E-state index in [1.165, 1.54) is 0 Å². The summed E-state index contributed by atoms with van der Waals surface area (Å²) in [4.78, 5) is 18.9. The highest BCUT2D eigenvalue weighted by atomic mass is 32.1. The van der Waals surface area contributed by atoms with Gasteiger partial charge in [-0.05, 0) is 33.6 Å². The molecule has 0 unspecified atom stereocenters. The molecule has 0 N–H and O–H groups in total. The third-order valence-electron chi connectivity index (χ3n) is 3.61. The molecule has 0 bridgehead atoms. The van der Waals surface area contributed by atoms with Gasteiger partial charge in [-0.3, -0.25) is 4.98 Å². The predicted molar refractivity (Wildman–Crippen MR) is 80.9 cm³/mol. The first-order chi connectivity index (χ1) is 9.84. The van der Waals surface area contributed by atoms with E-state index in [-0.39, 0.29) is 11.5 Å². The molecule has 6 heteroatoms. The van der Waals surface area contributed by atoms with Crippen molar-refractivity contribution in [3.8, 4) is 6.07 Å². The van der Waals surface area contributed by atoms with Gasteiger partial charge in [0.15, 0.2) is 0 Å². The second kappa shape index (κ2) is 6.02. The smallest absolute Gasteiger partial charge is 0.410 e. The van der Waals surface area contributed by atoms with Crippen LogP contribution in [-0.4, -0.2) is 34.7 Å². The van der Waals surface area contributed by atoms with Crippen LogP contribution in [0.4, 0.5) is 4.79 Å². The summed E-state index contributed by atoms with van der Waals surface area (Å²) in [7, 11) is 0. The van der Waals surface area contributed by atoms with E-state index < -0.39 is 5.60 Å². The van der Waals surface area contributed by atoms with Crippen molar-refractivity contribution in [3.63, 3.8) is 0 Å². The Morgan fingerprint density at radius 1 is 1.52 bits per heavy atom. The van der Waals surface area contributed by atoms with Gasteiger partial charge >= 0.3 is 6.09 Å². The highest BCUT2D eigenvalue weighted by Crippen LogP contribution is 2.35. The minimum Gasteiger partial charge on any atom is -0.444 e. The van der Waals surface area contributed by atoms with Gasteiger partial charge in [-0.25, -0.2) is 4.79 Å². The molecule has 2 heterocycles. The van der Waals surface area contributed by atoms with E-state index in [1.54, 1.807) is 21.7 Å². The van der Waals surface area contributed by atoms with Crippen molar-refractivity contribution in [2.45, 2.75) is 45.6 Å². The molecule has 1 fully saturated rings. The maximum atomic E-state index is 12.0. The van der Waals surface area contributed by atoms with E-state index in [1.807, 2.05) is 27.0 Å². The number of carbonyl (C=O) groups is 1. The van der Waals surface area contributed by atoms with E-state index in [4.69, 9.17) is 4.74 Å². The second-order valence-electron chi connectivity index (χ2n) is 6.50. The van der Waals surface area contributed by atoms with Gasteiger partial charge in [-0.15, -0.1) is 11.3 Å². The zero-order valence-corrected chi connectivity index (χ0v) is 13.6. The first-order valence-corrected chi connectivity index (χ1v) is 7.98. The molecule has 5 nitrogen and oxygen atoms in total. The molecule has 1 amide bonds. The van der Waals surface area contributed by atoms with Crippen LogP contribution in [0.25, 0.3) is 0 Å². The quantitative estimate of drug-likeness (QED) is 0.841. The Labute approximate surface area is 129 Å². The van der Waals surface area contributed by atoms with Crippen LogP contribution < -0.4 is 0 Å². The number of amides is 1. The molecular formula is C15H21N3O2S. The highest BCUT2D eigenvalue weighted by molar-refractivity contribution is 7.09. The lowest BCUT2D eigenvalue weighted by Gasteiger charge is -2.37. The number of carbonyl (C=O) groups excluding carboxylic acids is 1. The maximum Gasteiger partial charge on any atom is 0.410 e. The number of piperidine rings is 1. The Balaban J connectivity index is 1.95. The number of likely N-dealkylation sites (tertiary alicyclic amines) is 1. The zero-order valence-electron chi connectivity index (χ0n) is 12.8. The summed E-state index contributed by atoms with van der Waals surface area (Å²) >= 11 is 1.58. The summed E-state index contributed by atoms with van der Waals surface area (Å²) in [5.74, 6) is 0. The number of hydrogen-bond donors (Lipinski definition) is 0. The molecule has 0 atom stereocenters. The molecule has 2 rings (SSSR count). The Bertz CT molecular complexity index is 520. The number of aromatic nitrogens is 1. The summed E-state index contributed by atoms with van der Waals surface area (Å²) in [6, 6.07) is 2.46. The predicted octanol–water partition coefficient (Wildman–Crippen LogP) is 3.23. The third kappa shape index (κ3) is 4.18. The summed E-state index contributed by atoms with van der Waals surface area (Å²) in [5, 5.41) is 9.55. The Morgan fingerprint density at radius 3 is 2.67 bits per heavy atom. The highest BCUT2D eigenvalue weighted by Gasteiger charge is 2.37. The molecule has 0 aromatic carbocycles. The third-order valence-corrected chi connectivity index (χ3v) is 4.39. The van der Waals surface area contributed by atoms with Crippen molar-refractivity contribution in [3.05, 3.63) is 16.6 Å². The second-order valence-corrected chi connectivity index (χ2v) is 7.47. The van der Waals surface area contributed by atoms with Crippen molar-refractivity contribution < 1.29 is 9.53 Å². The lowest BCUT2D eigenvalue weighted by molar-refractivity contribution is 0.0149. The fourth-order valence-electron chi connectivity index (χ4n) is 2.43. The molecule has 0 saturated carbocycles. The van der Waals surface area contributed by atoms with Crippen molar-refractivity contribution in [2.75, 3.05) is 13.1 Å². The van der Waals surface area contributed by atoms with Gasteiger partial charge in [0.1, 0.15) is 5.60 Å². The van der Waals surface area contributed by atoms with Gasteiger partial charge in [0.05, 0.1) is 17.0 Å². The van der Waals surface area contributed by atoms with Crippen molar-refractivity contribution in [1.29, 1.82) is 5.26 Å². The van der Waals surface area contributed by atoms with Crippen molar-refractivity contribution in [2.24, 2.45) is 5.41 Å². The van der Waals surface area contributed by atoms with Crippen molar-refractivity contribution >= 4 is 17.4 Å². The molecule has 1 aliphatic heterocycles. The number of nitrogens with zero attached hydrogens (tertiary/aromatic N) is 3. The summed E-state index contributed by atoms with van der Waals surface area (Å²) < 4.78 is 5.38. The number of ether oxygens (including phenoxy) is 1. The Morgan fingerprint density at radius 2 is 2.19 bits per heavy atom. The van der Waals surface area contributed by atoms with Gasteiger partial charge in [-0.1, -0.05) is 0 Å². The lowest BCUT2D eigenvalue weighted by Crippen LogP contribution is -2.45. The normalized spacial score (nSPS) is 18.1. The SMILES string of the molecule is CC(C)(C)OC(=O)N1CCC(C#N)(Cc2cncs2)CC1. The first kappa shape index (κ1) is 15.8. The minimum absolute atomic E-state index is 0.285. The maximum absolute atomic E-state index is 12.0. The number of thiazole rings is 1. The average molecular weight is 307 g/mol. The number of hydrogen-bond acceptors (Lipinski definition) is 5. The molecule has 0 aliphatic carbocycles. The standard InChI is InChI=1S/C15H21N3O2S/c1-14(2,3)20-13(19)18-6-4-15(10-16,5-7-18)8-12-9-17-11-21-12/h9,11H,4-8H2,1-3H3. The fourth-order valence-corrected chi connectivity index (χ4v) is 3.17. The first-order valence-electron chi connectivity index (χ1n) is 7.10. The molecule has 1 aromatic rings. The van der Waals surface area contributed by atoms with Crippen LogP contribution in [-0.2, 0) is 11.2 Å². The van der Waals surface area contributed by atoms with E-state index in [0.29, 0.717) is 25.9 Å². The fraction of sp³-hybridized carbons (Fsp3) is 0.667. The summed E-state index contributed by atoms with van der Waals surface area (Å²) in [5.41, 5.74) is 0.921. The number of nitriles is 1. The summed E-state index contributed by atoms with van der Waals surface area (Å²) in [6.07, 6.45) is 3.62. The van der Waals surface area contributed by atoms with Crippen LogP contribution in [0, 0.1) is 16.7 Å². The Kier molecular flexibility index (Phi) is 4.52. The average Bonchev–Trinajstić information content (AvgIpc) is 2.90. The molecule has 114 valence electrons. The van der Waals surface area contributed by atoms with Crippen LogP contribution in [0.5, 0.6) is 0 Å². The molecule has 0 spiro atoms. The van der Waals surface area contributed by atoms with Gasteiger partial charge in [0, 0.05) is 30.6 Å². The van der Waals surface area contributed by atoms with E-state index in [0.717, 1.165) is 11.3 Å². The van der Waals surface area contributed by atoms with E-state index in [2.05, 4.69) is 11.1 Å².